The summed E-state index contributed by atoms with van der Waals surface area (Å²) in [6, 6.07) is 10.1. The van der Waals surface area contributed by atoms with E-state index in [9.17, 15) is 0 Å². The van der Waals surface area contributed by atoms with E-state index in [1.165, 1.54) is 0 Å². The topological polar surface area (TPSA) is 35.0 Å². The number of hydrogen-bond donors (Lipinski definition) is 0. The number of rotatable bonds is 2. The molecule has 1 aromatic heterocycles. The van der Waals surface area contributed by atoms with Gasteiger partial charge in [-0.2, -0.15) is 0 Å². The van der Waals surface area contributed by atoms with Crippen LogP contribution in [-0.4, -0.2) is 9.97 Å². The molecule has 2 rings (SSSR count). The molecule has 0 unspecified atom stereocenters. The molecule has 1 heterocycles. The lowest BCUT2D eigenvalue weighted by Crippen LogP contribution is -1.95. The summed E-state index contributed by atoms with van der Waals surface area (Å²) in [6.07, 6.45) is 0. The number of halogens is 1. The molecule has 0 atom stereocenters. The molecule has 0 N–H and O–H groups in total. The molecule has 3 nitrogen and oxygen atoms in total. The van der Waals surface area contributed by atoms with Crippen molar-refractivity contribution in [2.45, 2.75) is 13.8 Å². The Hall–Kier alpha value is -1.17. The lowest BCUT2D eigenvalue weighted by Gasteiger charge is -2.05. The Labute approximate surface area is 108 Å². The van der Waals surface area contributed by atoms with Crippen LogP contribution in [0.1, 0.15) is 11.4 Å². The predicted molar refractivity (Wildman–Crippen MR) is 70.7 cm³/mol. The largest absolute Gasteiger partial charge is 0.424 e. The van der Waals surface area contributed by atoms with Crippen LogP contribution in [0.25, 0.3) is 0 Å². The Morgan fingerprint density at radius 3 is 2.38 bits per heavy atom. The van der Waals surface area contributed by atoms with E-state index in [2.05, 4.69) is 32.6 Å². The second-order valence-electron chi connectivity index (χ2n) is 3.49. The van der Waals surface area contributed by atoms with Crippen LogP contribution in [0.4, 0.5) is 0 Å². The molecule has 2 aromatic rings. The van der Waals surface area contributed by atoms with Crippen LogP contribution in [0, 0.1) is 17.4 Å². The fraction of sp³-hybridized carbons (Fsp3) is 0.167. The van der Waals surface area contributed by atoms with Crippen molar-refractivity contribution in [1.82, 2.24) is 9.97 Å². The average Bonchev–Trinajstić information content (AvgIpc) is 2.15. The van der Waals surface area contributed by atoms with Gasteiger partial charge in [-0.15, -0.1) is 0 Å². The second-order valence-corrected chi connectivity index (χ2v) is 4.74. The van der Waals surface area contributed by atoms with E-state index in [1.807, 2.05) is 44.2 Å². The van der Waals surface area contributed by atoms with Gasteiger partial charge in [-0.1, -0.05) is 6.07 Å². The van der Waals surface area contributed by atoms with Gasteiger partial charge in [-0.05, 0) is 60.7 Å². The standard InChI is InChI=1S/C12H11IN2O/c1-8-6-9(2)15-12(14-8)16-11-5-3-4-10(13)7-11/h3-7H,1-2H3. The van der Waals surface area contributed by atoms with Crippen LogP contribution in [-0.2, 0) is 0 Å². The zero-order valence-corrected chi connectivity index (χ0v) is 11.2. The van der Waals surface area contributed by atoms with E-state index in [1.54, 1.807) is 0 Å². The fourth-order valence-electron chi connectivity index (χ4n) is 1.38. The molecule has 0 aliphatic carbocycles. The summed E-state index contributed by atoms with van der Waals surface area (Å²) < 4.78 is 6.72. The smallest absolute Gasteiger partial charge is 0.322 e. The summed E-state index contributed by atoms with van der Waals surface area (Å²) in [4.78, 5) is 8.45. The molecule has 0 radical (unpaired) electrons. The molecule has 4 heteroatoms. The van der Waals surface area contributed by atoms with E-state index >= 15 is 0 Å². The zero-order chi connectivity index (χ0) is 11.5. The maximum Gasteiger partial charge on any atom is 0.322 e. The van der Waals surface area contributed by atoms with Gasteiger partial charge in [-0.25, -0.2) is 9.97 Å². The van der Waals surface area contributed by atoms with Crippen molar-refractivity contribution < 1.29 is 4.74 Å². The van der Waals surface area contributed by atoms with Crippen LogP contribution in [0.15, 0.2) is 30.3 Å². The molecular formula is C12H11IN2O. The predicted octanol–water partition coefficient (Wildman–Crippen LogP) is 3.49. The highest BCUT2D eigenvalue weighted by atomic mass is 127. The van der Waals surface area contributed by atoms with Gasteiger partial charge in [0.1, 0.15) is 5.75 Å². The summed E-state index contributed by atoms with van der Waals surface area (Å²) in [5, 5.41) is 0. The van der Waals surface area contributed by atoms with Gasteiger partial charge < -0.3 is 4.74 Å². The quantitative estimate of drug-likeness (QED) is 0.793. The highest BCUT2D eigenvalue weighted by Gasteiger charge is 2.02. The van der Waals surface area contributed by atoms with Crippen LogP contribution in [0.3, 0.4) is 0 Å². The van der Waals surface area contributed by atoms with Crippen LogP contribution in [0.2, 0.25) is 0 Å². The number of benzene rings is 1. The molecule has 0 spiro atoms. The number of ether oxygens (including phenoxy) is 1. The van der Waals surface area contributed by atoms with Gasteiger partial charge in [0, 0.05) is 15.0 Å². The Morgan fingerprint density at radius 2 is 1.75 bits per heavy atom. The van der Waals surface area contributed by atoms with Crippen molar-refractivity contribution >= 4 is 22.6 Å². The van der Waals surface area contributed by atoms with Crippen LogP contribution < -0.4 is 4.74 Å². The fourth-order valence-corrected chi connectivity index (χ4v) is 1.89. The van der Waals surface area contributed by atoms with Crippen molar-refractivity contribution in [3.05, 3.63) is 45.3 Å². The second kappa shape index (κ2) is 4.78. The summed E-state index contributed by atoms with van der Waals surface area (Å²) in [5.74, 6) is 0.761. The molecule has 0 fully saturated rings. The van der Waals surface area contributed by atoms with Gasteiger partial charge in [0.25, 0.3) is 0 Å². The molecule has 0 amide bonds. The SMILES string of the molecule is Cc1cc(C)nc(Oc2cccc(I)c2)n1. The summed E-state index contributed by atoms with van der Waals surface area (Å²) in [6.45, 7) is 3.85. The number of aryl methyl sites for hydroxylation is 2. The summed E-state index contributed by atoms with van der Waals surface area (Å²) in [5.41, 5.74) is 1.82. The number of aromatic nitrogens is 2. The molecule has 16 heavy (non-hydrogen) atoms. The first-order chi connectivity index (χ1) is 7.63. The monoisotopic (exact) mass is 326 g/mol. The van der Waals surface area contributed by atoms with Crippen molar-refractivity contribution in [2.24, 2.45) is 0 Å². The zero-order valence-electron chi connectivity index (χ0n) is 9.07. The Kier molecular flexibility index (Phi) is 3.38. The maximum absolute atomic E-state index is 5.59. The molecule has 0 aliphatic heterocycles. The summed E-state index contributed by atoms with van der Waals surface area (Å²) >= 11 is 2.24. The van der Waals surface area contributed by atoms with Crippen molar-refractivity contribution in [1.29, 1.82) is 0 Å². The van der Waals surface area contributed by atoms with Gasteiger partial charge in [0.05, 0.1) is 0 Å². The summed E-state index contributed by atoms with van der Waals surface area (Å²) in [7, 11) is 0. The van der Waals surface area contributed by atoms with Gasteiger partial charge >= 0.3 is 6.01 Å². The molecule has 82 valence electrons. The minimum Gasteiger partial charge on any atom is -0.424 e. The lowest BCUT2D eigenvalue weighted by atomic mass is 10.3. The molecular weight excluding hydrogens is 315 g/mol. The van der Waals surface area contributed by atoms with E-state index in [0.717, 1.165) is 20.7 Å². The first-order valence-electron chi connectivity index (χ1n) is 4.89. The average molecular weight is 326 g/mol. The molecule has 0 aliphatic rings. The third kappa shape index (κ3) is 2.91. The van der Waals surface area contributed by atoms with E-state index in [-0.39, 0.29) is 0 Å². The van der Waals surface area contributed by atoms with Crippen molar-refractivity contribution in [3.8, 4) is 11.8 Å². The van der Waals surface area contributed by atoms with Crippen LogP contribution in [0.5, 0.6) is 11.8 Å². The van der Waals surface area contributed by atoms with E-state index in [0.29, 0.717) is 6.01 Å². The maximum atomic E-state index is 5.59. The Bertz CT molecular complexity index is 494. The molecule has 1 aromatic carbocycles. The minimum atomic E-state index is 0.402. The number of nitrogens with zero attached hydrogens (tertiary/aromatic N) is 2. The Morgan fingerprint density at radius 1 is 1.06 bits per heavy atom. The highest BCUT2D eigenvalue weighted by Crippen LogP contribution is 2.20. The van der Waals surface area contributed by atoms with Crippen LogP contribution >= 0.6 is 22.6 Å². The number of hydrogen-bond acceptors (Lipinski definition) is 3. The highest BCUT2D eigenvalue weighted by molar-refractivity contribution is 14.1. The first-order valence-corrected chi connectivity index (χ1v) is 5.97. The van der Waals surface area contributed by atoms with Gasteiger partial charge in [-0.3, -0.25) is 0 Å². The molecule has 0 saturated heterocycles. The minimum absolute atomic E-state index is 0.402. The Balaban J connectivity index is 2.27. The first kappa shape index (κ1) is 11.3. The van der Waals surface area contributed by atoms with Crippen molar-refractivity contribution in [2.75, 3.05) is 0 Å². The third-order valence-corrected chi connectivity index (χ3v) is 2.64. The third-order valence-electron chi connectivity index (χ3n) is 1.97. The normalized spacial score (nSPS) is 10.2. The lowest BCUT2D eigenvalue weighted by molar-refractivity contribution is 0.438. The van der Waals surface area contributed by atoms with Gasteiger partial charge in [0.2, 0.25) is 0 Å². The van der Waals surface area contributed by atoms with Gasteiger partial charge in [0.15, 0.2) is 0 Å². The molecule has 0 bridgehead atoms. The molecule has 0 saturated carbocycles. The van der Waals surface area contributed by atoms with Crippen molar-refractivity contribution in [3.63, 3.8) is 0 Å². The van der Waals surface area contributed by atoms with E-state index in [4.69, 9.17) is 4.74 Å². The van der Waals surface area contributed by atoms with E-state index < -0.39 is 0 Å².